The Morgan fingerprint density at radius 2 is 1.94 bits per heavy atom. The number of carboxylic acids is 2. The molecule has 0 aliphatic carbocycles. The standard InChI is InChI=1S/C11H12O6/c1-6(10(12)13)17-9-4-3-7(16-2)5-8(9)11(14)15/h3-6H,1-2H3,(H,12,13)(H,14,15). The Hall–Kier alpha value is -2.24. The summed E-state index contributed by atoms with van der Waals surface area (Å²) >= 11 is 0. The van der Waals surface area contributed by atoms with Gasteiger partial charge in [-0.3, -0.25) is 0 Å². The first-order chi connectivity index (χ1) is 7.95. The number of hydrogen-bond donors (Lipinski definition) is 2. The molecule has 1 aromatic carbocycles. The Morgan fingerprint density at radius 3 is 2.41 bits per heavy atom. The van der Waals surface area contributed by atoms with Crippen LogP contribution in [0.25, 0.3) is 0 Å². The van der Waals surface area contributed by atoms with Crippen LogP contribution in [0.15, 0.2) is 18.2 Å². The molecule has 0 saturated carbocycles. The summed E-state index contributed by atoms with van der Waals surface area (Å²) in [5, 5.41) is 17.6. The van der Waals surface area contributed by atoms with Crippen molar-refractivity contribution in [2.24, 2.45) is 0 Å². The van der Waals surface area contributed by atoms with Crippen LogP contribution in [0, 0.1) is 0 Å². The zero-order chi connectivity index (χ0) is 13.0. The van der Waals surface area contributed by atoms with E-state index in [1.165, 1.54) is 32.2 Å². The van der Waals surface area contributed by atoms with Crippen molar-refractivity contribution < 1.29 is 29.3 Å². The number of aromatic carboxylic acids is 1. The minimum atomic E-state index is -1.21. The number of carboxylic acid groups (broad SMARTS) is 2. The summed E-state index contributed by atoms with van der Waals surface area (Å²) in [4.78, 5) is 21.6. The van der Waals surface area contributed by atoms with Gasteiger partial charge in [0, 0.05) is 0 Å². The predicted molar refractivity (Wildman–Crippen MR) is 57.7 cm³/mol. The maximum absolute atomic E-state index is 11.0. The third-order valence-electron chi connectivity index (χ3n) is 2.07. The second-order valence-corrected chi connectivity index (χ2v) is 3.27. The number of methoxy groups -OCH3 is 1. The van der Waals surface area contributed by atoms with Crippen molar-refractivity contribution in [1.82, 2.24) is 0 Å². The van der Waals surface area contributed by atoms with Crippen LogP contribution in [0.2, 0.25) is 0 Å². The summed E-state index contributed by atoms with van der Waals surface area (Å²) in [6, 6.07) is 4.13. The van der Waals surface area contributed by atoms with E-state index in [1.54, 1.807) is 0 Å². The number of aliphatic carboxylic acids is 1. The molecule has 0 saturated heterocycles. The van der Waals surface area contributed by atoms with E-state index in [9.17, 15) is 9.59 Å². The number of benzene rings is 1. The normalized spacial score (nSPS) is 11.6. The molecule has 1 aromatic rings. The highest BCUT2D eigenvalue weighted by Crippen LogP contribution is 2.25. The Labute approximate surface area is 97.4 Å². The molecule has 0 aliphatic rings. The van der Waals surface area contributed by atoms with Crippen molar-refractivity contribution in [3.05, 3.63) is 23.8 Å². The smallest absolute Gasteiger partial charge is 0.344 e. The number of ether oxygens (including phenoxy) is 2. The van der Waals surface area contributed by atoms with Gasteiger partial charge in [-0.25, -0.2) is 9.59 Å². The summed E-state index contributed by atoms with van der Waals surface area (Å²) in [6.07, 6.45) is -1.12. The molecular formula is C11H12O6. The predicted octanol–water partition coefficient (Wildman–Crippen LogP) is 1.25. The average Bonchev–Trinajstić information content (AvgIpc) is 2.29. The van der Waals surface area contributed by atoms with Crippen molar-refractivity contribution in [3.8, 4) is 11.5 Å². The van der Waals surface area contributed by atoms with E-state index >= 15 is 0 Å². The van der Waals surface area contributed by atoms with Crippen molar-refractivity contribution >= 4 is 11.9 Å². The van der Waals surface area contributed by atoms with Crippen molar-refractivity contribution in [3.63, 3.8) is 0 Å². The summed E-state index contributed by atoms with van der Waals surface area (Å²) in [6.45, 7) is 1.32. The van der Waals surface area contributed by atoms with E-state index < -0.39 is 18.0 Å². The molecular weight excluding hydrogens is 228 g/mol. The third kappa shape index (κ3) is 3.10. The lowest BCUT2D eigenvalue weighted by Gasteiger charge is -2.13. The highest BCUT2D eigenvalue weighted by Gasteiger charge is 2.18. The molecule has 92 valence electrons. The minimum Gasteiger partial charge on any atom is -0.497 e. The SMILES string of the molecule is COc1ccc(OC(C)C(=O)O)c(C(=O)O)c1. The Morgan fingerprint density at radius 1 is 1.29 bits per heavy atom. The molecule has 1 unspecified atom stereocenters. The van der Waals surface area contributed by atoms with Gasteiger partial charge in [0.2, 0.25) is 0 Å². The monoisotopic (exact) mass is 240 g/mol. The number of carbonyl (C=O) groups is 2. The molecule has 0 aliphatic heterocycles. The lowest BCUT2D eigenvalue weighted by Crippen LogP contribution is -2.23. The topological polar surface area (TPSA) is 93.1 Å². The number of rotatable bonds is 5. The van der Waals surface area contributed by atoms with Gasteiger partial charge in [-0.1, -0.05) is 0 Å². The van der Waals surface area contributed by atoms with Gasteiger partial charge >= 0.3 is 11.9 Å². The van der Waals surface area contributed by atoms with Crippen LogP contribution in [0.1, 0.15) is 17.3 Å². The first kappa shape index (κ1) is 12.8. The molecule has 6 nitrogen and oxygen atoms in total. The highest BCUT2D eigenvalue weighted by molar-refractivity contribution is 5.91. The van der Waals surface area contributed by atoms with Gasteiger partial charge in [0.05, 0.1) is 7.11 Å². The largest absolute Gasteiger partial charge is 0.497 e. The van der Waals surface area contributed by atoms with Gasteiger partial charge in [0.15, 0.2) is 6.10 Å². The highest BCUT2D eigenvalue weighted by atomic mass is 16.5. The van der Waals surface area contributed by atoms with Crippen molar-refractivity contribution in [1.29, 1.82) is 0 Å². The van der Waals surface area contributed by atoms with Crippen LogP contribution in [0.4, 0.5) is 0 Å². The summed E-state index contributed by atoms with van der Waals surface area (Å²) in [5.74, 6) is -2.03. The molecule has 0 aromatic heterocycles. The maximum Gasteiger partial charge on any atom is 0.344 e. The van der Waals surface area contributed by atoms with E-state index in [-0.39, 0.29) is 11.3 Å². The molecule has 0 fully saturated rings. The van der Waals surface area contributed by atoms with Crippen LogP contribution < -0.4 is 9.47 Å². The van der Waals surface area contributed by atoms with Gasteiger partial charge < -0.3 is 19.7 Å². The van der Waals surface area contributed by atoms with Gasteiger partial charge in [0.1, 0.15) is 17.1 Å². The van der Waals surface area contributed by atoms with Crippen molar-refractivity contribution in [2.45, 2.75) is 13.0 Å². The van der Waals surface area contributed by atoms with E-state index in [4.69, 9.17) is 19.7 Å². The molecule has 0 amide bonds. The molecule has 0 bridgehead atoms. The minimum absolute atomic E-state index is 0.00630. The van der Waals surface area contributed by atoms with Crippen LogP contribution in [0.3, 0.4) is 0 Å². The Balaban J connectivity index is 3.06. The molecule has 0 heterocycles. The fraction of sp³-hybridized carbons (Fsp3) is 0.273. The maximum atomic E-state index is 11.0. The molecule has 17 heavy (non-hydrogen) atoms. The van der Waals surface area contributed by atoms with Gasteiger partial charge in [0.25, 0.3) is 0 Å². The van der Waals surface area contributed by atoms with E-state index in [0.29, 0.717) is 5.75 Å². The Kier molecular flexibility index (Phi) is 3.92. The molecule has 1 rings (SSSR count). The number of hydrogen-bond acceptors (Lipinski definition) is 4. The van der Waals surface area contributed by atoms with E-state index in [2.05, 4.69) is 0 Å². The first-order valence-electron chi connectivity index (χ1n) is 4.76. The summed E-state index contributed by atoms with van der Waals surface area (Å²) in [5.41, 5.74) is -0.141. The zero-order valence-electron chi connectivity index (χ0n) is 9.34. The lowest BCUT2D eigenvalue weighted by atomic mass is 10.2. The fourth-order valence-corrected chi connectivity index (χ4v) is 1.15. The zero-order valence-corrected chi connectivity index (χ0v) is 9.34. The van der Waals surface area contributed by atoms with Crippen LogP contribution in [-0.2, 0) is 4.79 Å². The molecule has 2 N–H and O–H groups in total. The Bertz CT molecular complexity index is 440. The van der Waals surface area contributed by atoms with E-state index in [1.807, 2.05) is 0 Å². The molecule has 0 spiro atoms. The van der Waals surface area contributed by atoms with Gasteiger partial charge in [-0.2, -0.15) is 0 Å². The second kappa shape index (κ2) is 5.20. The summed E-state index contributed by atoms with van der Waals surface area (Å²) < 4.78 is 9.91. The summed E-state index contributed by atoms with van der Waals surface area (Å²) in [7, 11) is 1.40. The molecule has 1 atom stereocenters. The third-order valence-corrected chi connectivity index (χ3v) is 2.07. The molecule has 0 radical (unpaired) electrons. The lowest BCUT2D eigenvalue weighted by molar-refractivity contribution is -0.144. The van der Waals surface area contributed by atoms with Gasteiger partial charge in [-0.15, -0.1) is 0 Å². The fourth-order valence-electron chi connectivity index (χ4n) is 1.15. The average molecular weight is 240 g/mol. The van der Waals surface area contributed by atoms with E-state index in [0.717, 1.165) is 0 Å². The van der Waals surface area contributed by atoms with Crippen LogP contribution in [-0.4, -0.2) is 35.4 Å². The second-order valence-electron chi connectivity index (χ2n) is 3.27. The first-order valence-corrected chi connectivity index (χ1v) is 4.76. The van der Waals surface area contributed by atoms with Crippen LogP contribution >= 0.6 is 0 Å². The van der Waals surface area contributed by atoms with Crippen LogP contribution in [0.5, 0.6) is 11.5 Å². The quantitative estimate of drug-likeness (QED) is 0.804. The molecule has 6 heteroatoms. The van der Waals surface area contributed by atoms with Gasteiger partial charge in [-0.05, 0) is 25.1 Å². The van der Waals surface area contributed by atoms with Crippen molar-refractivity contribution in [2.75, 3.05) is 7.11 Å².